The van der Waals surface area contributed by atoms with Crippen LogP contribution in [0.15, 0.2) is 11.4 Å². The van der Waals surface area contributed by atoms with Gasteiger partial charge in [-0.2, -0.15) is 5.21 Å². The number of rotatable bonds is 2. The number of nitrogens with zero attached hydrogens (tertiary/aromatic N) is 4. The minimum atomic E-state index is -0.455. The van der Waals surface area contributed by atoms with Crippen molar-refractivity contribution in [3.63, 3.8) is 0 Å². The molecule has 6 nitrogen and oxygen atoms in total. The summed E-state index contributed by atoms with van der Waals surface area (Å²) in [5.41, 5.74) is -0.323. The fourth-order valence-corrected chi connectivity index (χ4v) is 3.06. The second kappa shape index (κ2) is 4.37. The van der Waals surface area contributed by atoms with Crippen molar-refractivity contribution in [2.45, 2.75) is 18.8 Å². The summed E-state index contributed by atoms with van der Waals surface area (Å²) < 4.78 is 13.4. The molecule has 0 saturated carbocycles. The molecular formula is C11H12FN5OS. The summed E-state index contributed by atoms with van der Waals surface area (Å²) in [6.45, 7) is 3.03. The van der Waals surface area contributed by atoms with Crippen LogP contribution in [-0.2, 0) is 5.41 Å². The molecule has 2 aromatic heterocycles. The number of H-pyrrole nitrogens is 1. The van der Waals surface area contributed by atoms with E-state index in [0.29, 0.717) is 18.9 Å². The highest BCUT2D eigenvalue weighted by molar-refractivity contribution is 7.12. The van der Waals surface area contributed by atoms with Crippen molar-refractivity contribution in [1.29, 1.82) is 0 Å². The molecule has 1 saturated heterocycles. The molecule has 2 aromatic rings. The largest absolute Gasteiger partial charge is 0.337 e. The Morgan fingerprint density at radius 1 is 1.63 bits per heavy atom. The second-order valence-corrected chi connectivity index (χ2v) is 5.79. The van der Waals surface area contributed by atoms with Gasteiger partial charge in [0.25, 0.3) is 5.91 Å². The first-order valence-corrected chi connectivity index (χ1v) is 6.74. The van der Waals surface area contributed by atoms with E-state index in [0.717, 1.165) is 17.8 Å². The van der Waals surface area contributed by atoms with Crippen LogP contribution in [-0.4, -0.2) is 44.5 Å². The molecule has 19 heavy (non-hydrogen) atoms. The van der Waals surface area contributed by atoms with Crippen LogP contribution in [0.3, 0.4) is 0 Å². The highest BCUT2D eigenvalue weighted by atomic mass is 32.1. The molecule has 1 unspecified atom stereocenters. The Hall–Kier alpha value is -1.83. The van der Waals surface area contributed by atoms with E-state index < -0.39 is 5.82 Å². The molecule has 3 heterocycles. The van der Waals surface area contributed by atoms with Crippen molar-refractivity contribution in [2.75, 3.05) is 13.1 Å². The highest BCUT2D eigenvalue weighted by Crippen LogP contribution is 2.32. The molecule has 0 spiro atoms. The zero-order valence-electron chi connectivity index (χ0n) is 10.3. The van der Waals surface area contributed by atoms with Gasteiger partial charge in [-0.15, -0.1) is 21.5 Å². The van der Waals surface area contributed by atoms with E-state index in [2.05, 4.69) is 20.6 Å². The van der Waals surface area contributed by atoms with Crippen LogP contribution in [0.25, 0.3) is 0 Å². The maximum Gasteiger partial charge on any atom is 0.266 e. The SMILES string of the molecule is CC1(c2nn[nH]n2)CCN(C(=O)c2sccc2F)C1. The number of amides is 1. The fourth-order valence-electron chi connectivity index (χ4n) is 2.32. The van der Waals surface area contributed by atoms with Gasteiger partial charge in [-0.3, -0.25) is 4.79 Å². The monoisotopic (exact) mass is 281 g/mol. The van der Waals surface area contributed by atoms with Gasteiger partial charge in [-0.1, -0.05) is 12.1 Å². The van der Waals surface area contributed by atoms with E-state index in [1.165, 1.54) is 6.07 Å². The molecule has 1 amide bonds. The van der Waals surface area contributed by atoms with Crippen LogP contribution in [0.5, 0.6) is 0 Å². The Bertz CT molecular complexity index is 598. The van der Waals surface area contributed by atoms with Crippen molar-refractivity contribution in [3.05, 3.63) is 28.0 Å². The molecule has 1 atom stereocenters. The number of hydrogen-bond donors (Lipinski definition) is 1. The van der Waals surface area contributed by atoms with Gasteiger partial charge in [-0.25, -0.2) is 4.39 Å². The lowest BCUT2D eigenvalue weighted by atomic mass is 9.89. The first kappa shape index (κ1) is 12.2. The van der Waals surface area contributed by atoms with Crippen LogP contribution in [0.4, 0.5) is 4.39 Å². The van der Waals surface area contributed by atoms with Gasteiger partial charge in [0, 0.05) is 13.1 Å². The third kappa shape index (κ3) is 2.01. The molecule has 0 aliphatic carbocycles. The van der Waals surface area contributed by atoms with Crippen LogP contribution in [0, 0.1) is 5.82 Å². The van der Waals surface area contributed by atoms with Gasteiger partial charge in [0.2, 0.25) is 0 Å². The summed E-state index contributed by atoms with van der Waals surface area (Å²) in [7, 11) is 0. The normalized spacial score (nSPS) is 22.9. The quantitative estimate of drug-likeness (QED) is 0.897. The van der Waals surface area contributed by atoms with Gasteiger partial charge in [-0.05, 0) is 17.9 Å². The molecule has 1 fully saturated rings. The number of likely N-dealkylation sites (tertiary alicyclic amines) is 1. The average Bonchev–Trinajstić information content (AvgIpc) is 3.08. The standard InChI is InChI=1S/C11H12FN5OS/c1-11(10-13-15-16-14-10)3-4-17(6-11)9(18)8-7(12)2-5-19-8/h2,5H,3-4,6H2,1H3,(H,13,14,15,16). The predicted molar refractivity (Wildman–Crippen MR) is 66.3 cm³/mol. The number of aromatic amines is 1. The number of halogens is 1. The second-order valence-electron chi connectivity index (χ2n) is 4.87. The van der Waals surface area contributed by atoms with E-state index in [4.69, 9.17) is 0 Å². The van der Waals surface area contributed by atoms with Crippen molar-refractivity contribution >= 4 is 17.2 Å². The van der Waals surface area contributed by atoms with Crippen molar-refractivity contribution in [1.82, 2.24) is 25.5 Å². The molecule has 100 valence electrons. The van der Waals surface area contributed by atoms with E-state index in [1.54, 1.807) is 10.3 Å². The Morgan fingerprint density at radius 3 is 3.11 bits per heavy atom. The average molecular weight is 281 g/mol. The minimum Gasteiger partial charge on any atom is -0.337 e. The third-order valence-electron chi connectivity index (χ3n) is 3.46. The van der Waals surface area contributed by atoms with E-state index in [1.807, 2.05) is 6.92 Å². The number of aromatic nitrogens is 4. The summed E-state index contributed by atoms with van der Waals surface area (Å²) in [4.78, 5) is 14.0. The summed E-state index contributed by atoms with van der Waals surface area (Å²) in [6.07, 6.45) is 0.741. The molecule has 8 heteroatoms. The topological polar surface area (TPSA) is 74.8 Å². The lowest BCUT2D eigenvalue weighted by Gasteiger charge is -2.20. The van der Waals surface area contributed by atoms with Crippen LogP contribution >= 0.6 is 11.3 Å². The number of nitrogens with one attached hydrogen (secondary N) is 1. The van der Waals surface area contributed by atoms with E-state index >= 15 is 0 Å². The van der Waals surface area contributed by atoms with Crippen LogP contribution < -0.4 is 0 Å². The number of tetrazole rings is 1. The van der Waals surface area contributed by atoms with Crippen molar-refractivity contribution < 1.29 is 9.18 Å². The maximum absolute atomic E-state index is 13.4. The summed E-state index contributed by atoms with van der Waals surface area (Å²) in [5, 5.41) is 15.5. The number of carbonyl (C=O) groups is 1. The molecule has 3 rings (SSSR count). The lowest BCUT2D eigenvalue weighted by molar-refractivity contribution is 0.0784. The smallest absolute Gasteiger partial charge is 0.266 e. The summed E-state index contributed by atoms with van der Waals surface area (Å²) >= 11 is 1.13. The Balaban J connectivity index is 1.80. The molecule has 0 bridgehead atoms. The summed E-state index contributed by atoms with van der Waals surface area (Å²) in [5.74, 6) is -0.127. The molecule has 0 radical (unpaired) electrons. The van der Waals surface area contributed by atoms with Gasteiger partial charge in [0.15, 0.2) is 5.82 Å². The molecular weight excluding hydrogens is 269 g/mol. The Labute approximate surface area is 112 Å². The minimum absolute atomic E-state index is 0.164. The van der Waals surface area contributed by atoms with Gasteiger partial charge in [0.1, 0.15) is 10.7 Å². The lowest BCUT2D eigenvalue weighted by Crippen LogP contribution is -2.33. The number of thiophene rings is 1. The maximum atomic E-state index is 13.4. The third-order valence-corrected chi connectivity index (χ3v) is 4.33. The zero-order chi connectivity index (χ0) is 13.5. The molecule has 0 aromatic carbocycles. The Morgan fingerprint density at radius 2 is 2.47 bits per heavy atom. The zero-order valence-corrected chi connectivity index (χ0v) is 11.1. The van der Waals surface area contributed by atoms with E-state index in [9.17, 15) is 9.18 Å². The number of carbonyl (C=O) groups excluding carboxylic acids is 1. The highest BCUT2D eigenvalue weighted by Gasteiger charge is 2.41. The first-order chi connectivity index (χ1) is 9.10. The molecule has 1 N–H and O–H groups in total. The van der Waals surface area contributed by atoms with E-state index in [-0.39, 0.29) is 16.2 Å². The fraction of sp³-hybridized carbons (Fsp3) is 0.455. The Kier molecular flexibility index (Phi) is 2.81. The van der Waals surface area contributed by atoms with Crippen LogP contribution in [0.1, 0.15) is 28.8 Å². The van der Waals surface area contributed by atoms with Gasteiger partial charge >= 0.3 is 0 Å². The van der Waals surface area contributed by atoms with Crippen molar-refractivity contribution in [2.24, 2.45) is 0 Å². The first-order valence-electron chi connectivity index (χ1n) is 5.86. The molecule has 1 aliphatic heterocycles. The number of hydrogen-bond acceptors (Lipinski definition) is 5. The van der Waals surface area contributed by atoms with Gasteiger partial charge in [0.05, 0.1) is 5.41 Å². The van der Waals surface area contributed by atoms with Crippen molar-refractivity contribution in [3.8, 4) is 0 Å². The van der Waals surface area contributed by atoms with Crippen LogP contribution in [0.2, 0.25) is 0 Å². The predicted octanol–water partition coefficient (Wildman–Crippen LogP) is 1.20. The summed E-state index contributed by atoms with van der Waals surface area (Å²) in [6, 6.07) is 1.31. The molecule has 1 aliphatic rings. The van der Waals surface area contributed by atoms with Gasteiger partial charge < -0.3 is 4.90 Å².